The van der Waals surface area contributed by atoms with Gasteiger partial charge in [0.2, 0.25) is 5.96 Å². The quantitative estimate of drug-likeness (QED) is 0.174. The number of hydrogen-bond donors (Lipinski definition) is 5. The lowest BCUT2D eigenvalue weighted by Crippen LogP contribution is -2.23. The molecule has 1 atom stereocenters. The fraction of sp³-hybridized carbons (Fsp3) is 0.294. The van der Waals surface area contributed by atoms with Crippen LogP contribution in [0.2, 0.25) is 0 Å². The highest BCUT2D eigenvalue weighted by molar-refractivity contribution is 5.82. The molecule has 0 saturated heterocycles. The molecule has 0 spiro atoms. The van der Waals surface area contributed by atoms with Gasteiger partial charge in [0.15, 0.2) is 0 Å². The van der Waals surface area contributed by atoms with E-state index in [1.807, 2.05) is 12.2 Å². The van der Waals surface area contributed by atoms with E-state index in [4.69, 9.17) is 27.7 Å². The molecule has 0 saturated carbocycles. The molecule has 1 aliphatic carbocycles. The lowest BCUT2D eigenvalue weighted by atomic mass is 10.00. The van der Waals surface area contributed by atoms with Gasteiger partial charge in [0.05, 0.1) is 12.2 Å². The van der Waals surface area contributed by atoms with E-state index < -0.39 is 0 Å². The average molecular weight is 345 g/mol. The van der Waals surface area contributed by atoms with Crippen molar-refractivity contribution in [2.45, 2.75) is 6.42 Å². The predicted octanol–water partition coefficient (Wildman–Crippen LogP) is 0.183. The van der Waals surface area contributed by atoms with Crippen LogP contribution in [0.1, 0.15) is 6.42 Å². The van der Waals surface area contributed by atoms with Crippen molar-refractivity contribution in [2.24, 2.45) is 38.8 Å². The van der Waals surface area contributed by atoms with Gasteiger partial charge in [0.1, 0.15) is 18.2 Å². The van der Waals surface area contributed by atoms with Crippen molar-refractivity contribution in [3.8, 4) is 0 Å². The van der Waals surface area contributed by atoms with Crippen LogP contribution < -0.4 is 28.3 Å². The fourth-order valence-corrected chi connectivity index (χ4v) is 1.96. The summed E-state index contributed by atoms with van der Waals surface area (Å²) >= 11 is 0. The Labute approximate surface area is 148 Å². The summed E-state index contributed by atoms with van der Waals surface area (Å²) in [4.78, 5) is 7.47. The number of nitrogens with one attached hydrogen (secondary N) is 1. The maximum atomic E-state index is 5.70. The van der Waals surface area contributed by atoms with Crippen LogP contribution in [-0.2, 0) is 4.74 Å². The summed E-state index contributed by atoms with van der Waals surface area (Å²) in [6.45, 7) is 8.63. The fourth-order valence-electron chi connectivity index (χ4n) is 1.96. The Balaban J connectivity index is 2.40. The lowest BCUT2D eigenvalue weighted by Gasteiger charge is -2.18. The van der Waals surface area contributed by atoms with Gasteiger partial charge in [-0.3, -0.25) is 0 Å². The Morgan fingerprint density at radius 2 is 2.12 bits per heavy atom. The SMILES string of the molecule is C=C/C(=C\C(N)=C(N)N)NCC1C=CC(OCCN=C(N)N=C)=CC1. The van der Waals surface area contributed by atoms with Crippen molar-refractivity contribution in [3.05, 3.63) is 59.9 Å². The van der Waals surface area contributed by atoms with E-state index in [2.05, 4.69) is 34.7 Å². The molecule has 1 unspecified atom stereocenters. The van der Waals surface area contributed by atoms with Crippen molar-refractivity contribution in [1.29, 1.82) is 0 Å². The lowest BCUT2D eigenvalue weighted by molar-refractivity contribution is 0.230. The first kappa shape index (κ1) is 19.9. The molecular formula is C17H27N7O. The van der Waals surface area contributed by atoms with Crippen LogP contribution >= 0.6 is 0 Å². The Bertz CT molecular complexity index is 625. The predicted molar refractivity (Wildman–Crippen MR) is 103 cm³/mol. The van der Waals surface area contributed by atoms with E-state index in [0.29, 0.717) is 24.8 Å². The van der Waals surface area contributed by atoms with Crippen molar-refractivity contribution in [3.63, 3.8) is 0 Å². The topological polar surface area (TPSA) is 150 Å². The molecule has 8 nitrogen and oxygen atoms in total. The number of guanidine groups is 1. The minimum atomic E-state index is 0.0819. The van der Waals surface area contributed by atoms with Crippen molar-refractivity contribution < 1.29 is 4.74 Å². The van der Waals surface area contributed by atoms with Crippen LogP contribution in [0.5, 0.6) is 0 Å². The van der Waals surface area contributed by atoms with Crippen LogP contribution in [-0.4, -0.2) is 32.4 Å². The maximum absolute atomic E-state index is 5.70. The highest BCUT2D eigenvalue weighted by Crippen LogP contribution is 2.17. The highest BCUT2D eigenvalue weighted by Gasteiger charge is 2.09. The van der Waals surface area contributed by atoms with Gasteiger partial charge in [0.25, 0.3) is 0 Å². The smallest absolute Gasteiger partial charge is 0.214 e. The average Bonchev–Trinajstić information content (AvgIpc) is 2.62. The van der Waals surface area contributed by atoms with Gasteiger partial charge in [-0.1, -0.05) is 12.7 Å². The molecule has 136 valence electrons. The molecule has 25 heavy (non-hydrogen) atoms. The number of aliphatic imine (C=N–C) groups is 2. The van der Waals surface area contributed by atoms with Crippen LogP contribution in [0, 0.1) is 5.92 Å². The van der Waals surface area contributed by atoms with Crippen molar-refractivity contribution in [2.75, 3.05) is 19.7 Å². The second kappa shape index (κ2) is 10.6. The largest absolute Gasteiger partial charge is 0.492 e. The number of ether oxygens (including phenoxy) is 1. The van der Waals surface area contributed by atoms with Crippen molar-refractivity contribution >= 4 is 12.7 Å². The van der Waals surface area contributed by atoms with Crippen LogP contribution in [0.3, 0.4) is 0 Å². The monoisotopic (exact) mass is 345 g/mol. The first-order chi connectivity index (χ1) is 12.0. The van der Waals surface area contributed by atoms with Gasteiger partial charge >= 0.3 is 0 Å². The normalized spacial score (nSPS) is 17.4. The zero-order chi connectivity index (χ0) is 18.7. The highest BCUT2D eigenvalue weighted by atomic mass is 16.5. The minimum Gasteiger partial charge on any atom is -0.492 e. The van der Waals surface area contributed by atoms with Gasteiger partial charge in [0, 0.05) is 12.2 Å². The number of hydrogen-bond acceptors (Lipinski definition) is 6. The zero-order valence-electron chi connectivity index (χ0n) is 14.3. The van der Waals surface area contributed by atoms with E-state index >= 15 is 0 Å². The summed E-state index contributed by atoms with van der Waals surface area (Å²) in [5.74, 6) is 1.40. The molecule has 0 amide bonds. The third kappa shape index (κ3) is 7.78. The molecule has 0 bridgehead atoms. The van der Waals surface area contributed by atoms with Gasteiger partial charge in [-0.2, -0.15) is 0 Å². The third-order valence-corrected chi connectivity index (χ3v) is 3.38. The first-order valence-corrected chi connectivity index (χ1v) is 7.82. The zero-order valence-corrected chi connectivity index (χ0v) is 14.3. The number of rotatable bonds is 9. The molecule has 8 heteroatoms. The van der Waals surface area contributed by atoms with E-state index in [0.717, 1.165) is 24.4 Å². The molecule has 0 aromatic heterocycles. The minimum absolute atomic E-state index is 0.0819. The number of allylic oxidation sites excluding steroid dienone is 4. The molecule has 1 aliphatic rings. The Kier molecular flexibility index (Phi) is 8.42. The maximum Gasteiger partial charge on any atom is 0.214 e. The molecule has 0 radical (unpaired) electrons. The molecular weight excluding hydrogens is 318 g/mol. The molecule has 0 heterocycles. The van der Waals surface area contributed by atoms with E-state index in [1.165, 1.54) is 0 Å². The summed E-state index contributed by atoms with van der Waals surface area (Å²) in [6.07, 6.45) is 10.2. The molecule has 1 rings (SSSR count). The van der Waals surface area contributed by atoms with Gasteiger partial charge in [-0.15, -0.1) is 0 Å². The Morgan fingerprint density at radius 1 is 1.36 bits per heavy atom. The summed E-state index contributed by atoms with van der Waals surface area (Å²) in [5, 5.41) is 3.26. The summed E-state index contributed by atoms with van der Waals surface area (Å²) < 4.78 is 5.60. The molecule has 0 aromatic rings. The van der Waals surface area contributed by atoms with E-state index in [-0.39, 0.29) is 11.8 Å². The van der Waals surface area contributed by atoms with E-state index in [1.54, 1.807) is 12.2 Å². The standard InChI is InChI=1S/C17H27N7O/c1-3-13(10-15(18)16(19)20)24-11-12-4-6-14(7-5-12)25-9-8-23-17(21)22-2/h3-4,6-7,10,12,24H,1-2,5,8-9,11,18-20H2,(H2,21,23)/b13-10+. The first-order valence-electron chi connectivity index (χ1n) is 7.82. The summed E-state index contributed by atoms with van der Waals surface area (Å²) in [6, 6.07) is 0. The Morgan fingerprint density at radius 3 is 2.68 bits per heavy atom. The van der Waals surface area contributed by atoms with Crippen LogP contribution in [0.25, 0.3) is 0 Å². The molecule has 0 fully saturated rings. The van der Waals surface area contributed by atoms with Crippen molar-refractivity contribution in [1.82, 2.24) is 5.32 Å². The van der Waals surface area contributed by atoms with Crippen LogP contribution in [0.15, 0.2) is 69.9 Å². The van der Waals surface area contributed by atoms with Gasteiger partial charge in [-0.05, 0) is 43.4 Å². The second-order valence-corrected chi connectivity index (χ2v) is 5.30. The van der Waals surface area contributed by atoms with E-state index in [9.17, 15) is 0 Å². The molecule has 9 N–H and O–H groups in total. The Hall–Kier alpha value is -3.16. The summed E-state index contributed by atoms with van der Waals surface area (Å²) in [7, 11) is 0. The third-order valence-electron chi connectivity index (χ3n) is 3.38. The van der Waals surface area contributed by atoms with Crippen LogP contribution in [0.4, 0.5) is 0 Å². The number of nitrogens with zero attached hydrogens (tertiary/aromatic N) is 2. The summed E-state index contributed by atoms with van der Waals surface area (Å²) in [5.41, 5.74) is 23.1. The molecule has 0 aromatic carbocycles. The molecule has 0 aliphatic heterocycles. The second-order valence-electron chi connectivity index (χ2n) is 5.30. The number of nitrogens with two attached hydrogens (primary N) is 4. The van der Waals surface area contributed by atoms with Gasteiger partial charge < -0.3 is 33.0 Å². The van der Waals surface area contributed by atoms with Gasteiger partial charge in [-0.25, -0.2) is 9.98 Å².